The molecule has 2 nitrogen and oxygen atoms in total. The van der Waals surface area contributed by atoms with Crippen LogP contribution in [0.3, 0.4) is 0 Å². The zero-order chi connectivity index (χ0) is 15.2. The maximum atomic E-state index is 13.0. The molecule has 0 atom stereocenters. The van der Waals surface area contributed by atoms with E-state index >= 15 is 0 Å². The van der Waals surface area contributed by atoms with E-state index in [9.17, 15) is 13.2 Å². The average Bonchev–Trinajstić information content (AvgIpc) is 2.76. The van der Waals surface area contributed by atoms with Gasteiger partial charge in [-0.05, 0) is 40.0 Å². The van der Waals surface area contributed by atoms with Gasteiger partial charge in [0, 0.05) is 6.20 Å². The first kappa shape index (κ1) is 14.1. The van der Waals surface area contributed by atoms with Gasteiger partial charge in [-0.15, -0.1) is 0 Å². The lowest BCUT2D eigenvalue weighted by atomic mass is 10.1. The molecule has 21 heavy (non-hydrogen) atoms. The maximum absolute atomic E-state index is 13.0. The van der Waals surface area contributed by atoms with E-state index in [0.29, 0.717) is 11.1 Å². The van der Waals surface area contributed by atoms with E-state index in [0.717, 1.165) is 15.5 Å². The van der Waals surface area contributed by atoms with Crippen LogP contribution >= 0.6 is 15.9 Å². The highest BCUT2D eigenvalue weighted by Crippen LogP contribution is 2.33. The number of hydrogen-bond acceptors (Lipinski definition) is 1. The summed E-state index contributed by atoms with van der Waals surface area (Å²) >= 11 is 3.07. The number of nitrogens with zero attached hydrogens (tertiary/aromatic N) is 2. The average molecular weight is 355 g/mol. The number of aryl methyl sites for hydroxylation is 1. The van der Waals surface area contributed by atoms with Crippen LogP contribution in [0.1, 0.15) is 11.4 Å². The number of imidazole rings is 1. The lowest BCUT2D eigenvalue weighted by Gasteiger charge is -2.07. The molecule has 0 aliphatic rings. The summed E-state index contributed by atoms with van der Waals surface area (Å²) < 4.78 is 40.3. The van der Waals surface area contributed by atoms with Crippen LogP contribution in [0.2, 0.25) is 0 Å². The third-order valence-electron chi connectivity index (χ3n) is 3.23. The molecule has 2 aromatic heterocycles. The molecule has 0 aliphatic carbocycles. The Bertz CT molecular complexity index is 804. The maximum Gasteiger partial charge on any atom is 0.450 e. The quantitative estimate of drug-likeness (QED) is 0.594. The minimum absolute atomic E-state index is 0.185. The standard InChI is InChI=1S/C15H10BrF3N2/c1-9-2-4-10(5-3-9)11-6-7-12-13(16)20-14(15(17,18)19)21(12)8-11/h2-8H,1H3. The Morgan fingerprint density at radius 3 is 2.24 bits per heavy atom. The van der Waals surface area contributed by atoms with Crippen LogP contribution in [-0.2, 0) is 6.18 Å². The number of aromatic nitrogens is 2. The second-order valence-electron chi connectivity index (χ2n) is 4.76. The van der Waals surface area contributed by atoms with Crippen LogP contribution < -0.4 is 0 Å². The predicted octanol–water partition coefficient (Wildman–Crippen LogP) is 5.09. The van der Waals surface area contributed by atoms with Gasteiger partial charge >= 0.3 is 6.18 Å². The summed E-state index contributed by atoms with van der Waals surface area (Å²) in [5.74, 6) is -0.932. The summed E-state index contributed by atoms with van der Waals surface area (Å²) in [5, 5.41) is 0. The molecule has 108 valence electrons. The zero-order valence-electron chi connectivity index (χ0n) is 10.9. The summed E-state index contributed by atoms with van der Waals surface area (Å²) in [7, 11) is 0. The van der Waals surface area contributed by atoms with Crippen LogP contribution in [0.5, 0.6) is 0 Å². The number of rotatable bonds is 1. The molecule has 0 fully saturated rings. The van der Waals surface area contributed by atoms with Gasteiger partial charge in [0.05, 0.1) is 5.52 Å². The molecule has 0 bridgehead atoms. The molecular weight excluding hydrogens is 345 g/mol. The highest BCUT2D eigenvalue weighted by atomic mass is 79.9. The molecule has 0 aliphatic heterocycles. The first-order valence-electron chi connectivity index (χ1n) is 6.18. The molecule has 0 amide bonds. The van der Waals surface area contributed by atoms with Crippen LogP contribution in [0, 0.1) is 6.92 Å². The van der Waals surface area contributed by atoms with Crippen LogP contribution in [-0.4, -0.2) is 9.38 Å². The van der Waals surface area contributed by atoms with Crippen LogP contribution in [0.25, 0.3) is 16.6 Å². The van der Waals surface area contributed by atoms with Gasteiger partial charge in [0.1, 0.15) is 4.60 Å². The predicted molar refractivity (Wildman–Crippen MR) is 78.1 cm³/mol. The molecule has 0 N–H and O–H groups in total. The molecule has 1 aromatic carbocycles. The van der Waals surface area contributed by atoms with Gasteiger partial charge < -0.3 is 0 Å². The van der Waals surface area contributed by atoms with Crippen molar-refractivity contribution in [1.29, 1.82) is 0 Å². The van der Waals surface area contributed by atoms with Crippen molar-refractivity contribution in [2.45, 2.75) is 13.1 Å². The number of hydrogen-bond donors (Lipinski definition) is 0. The van der Waals surface area contributed by atoms with E-state index in [1.807, 2.05) is 31.2 Å². The molecule has 0 unspecified atom stereocenters. The Morgan fingerprint density at radius 1 is 1.00 bits per heavy atom. The molecule has 6 heteroatoms. The van der Waals surface area contributed by atoms with E-state index in [4.69, 9.17) is 0 Å². The number of alkyl halides is 3. The fourth-order valence-corrected chi connectivity index (χ4v) is 2.66. The summed E-state index contributed by atoms with van der Waals surface area (Å²) in [4.78, 5) is 3.56. The van der Waals surface area contributed by atoms with Gasteiger partial charge in [0.2, 0.25) is 5.82 Å². The molecule has 0 saturated heterocycles. The van der Waals surface area contributed by atoms with Gasteiger partial charge in [0.15, 0.2) is 0 Å². The van der Waals surface area contributed by atoms with Crippen molar-refractivity contribution < 1.29 is 13.2 Å². The largest absolute Gasteiger partial charge is 0.450 e. The number of halogens is 4. The van der Waals surface area contributed by atoms with Crippen LogP contribution in [0.15, 0.2) is 47.2 Å². The zero-order valence-corrected chi connectivity index (χ0v) is 12.5. The van der Waals surface area contributed by atoms with Crippen molar-refractivity contribution in [3.05, 3.63) is 58.6 Å². The highest BCUT2D eigenvalue weighted by Gasteiger charge is 2.37. The number of pyridine rings is 1. The van der Waals surface area contributed by atoms with Crippen molar-refractivity contribution in [3.8, 4) is 11.1 Å². The number of fused-ring (bicyclic) bond motifs is 1. The third-order valence-corrected chi connectivity index (χ3v) is 3.81. The summed E-state index contributed by atoms with van der Waals surface area (Å²) in [6.45, 7) is 1.96. The normalized spacial score (nSPS) is 12.0. The Balaban J connectivity index is 2.21. The molecule has 0 radical (unpaired) electrons. The minimum Gasteiger partial charge on any atom is -0.294 e. The SMILES string of the molecule is Cc1ccc(-c2ccc3c(Br)nc(C(F)(F)F)n3c2)cc1. The van der Waals surface area contributed by atoms with E-state index in [-0.39, 0.29) is 4.60 Å². The molecule has 0 spiro atoms. The Hall–Kier alpha value is -1.82. The van der Waals surface area contributed by atoms with Crippen molar-refractivity contribution in [1.82, 2.24) is 9.38 Å². The highest BCUT2D eigenvalue weighted by molar-refractivity contribution is 9.10. The monoisotopic (exact) mass is 354 g/mol. The molecular formula is C15H10BrF3N2. The van der Waals surface area contributed by atoms with E-state index in [1.54, 1.807) is 12.1 Å². The topological polar surface area (TPSA) is 17.3 Å². The van der Waals surface area contributed by atoms with Crippen LogP contribution in [0.4, 0.5) is 13.2 Å². The first-order valence-corrected chi connectivity index (χ1v) is 6.97. The summed E-state index contributed by atoms with van der Waals surface area (Å²) in [6.07, 6.45) is -3.04. The van der Waals surface area contributed by atoms with Gasteiger partial charge in [-0.1, -0.05) is 35.9 Å². The van der Waals surface area contributed by atoms with E-state index < -0.39 is 12.0 Å². The van der Waals surface area contributed by atoms with Crippen molar-refractivity contribution in [2.24, 2.45) is 0 Å². The second-order valence-corrected chi connectivity index (χ2v) is 5.51. The smallest absolute Gasteiger partial charge is 0.294 e. The van der Waals surface area contributed by atoms with Gasteiger partial charge in [-0.3, -0.25) is 4.40 Å². The molecule has 3 aromatic rings. The lowest BCUT2D eigenvalue weighted by molar-refractivity contribution is -0.145. The van der Waals surface area contributed by atoms with E-state index in [1.165, 1.54) is 6.20 Å². The second kappa shape index (κ2) is 4.87. The van der Waals surface area contributed by atoms with Gasteiger partial charge in [0.25, 0.3) is 0 Å². The summed E-state index contributed by atoms with van der Waals surface area (Å²) in [5.41, 5.74) is 3.05. The van der Waals surface area contributed by atoms with Crippen molar-refractivity contribution >= 4 is 21.4 Å². The Kier molecular flexibility index (Phi) is 3.28. The lowest BCUT2D eigenvalue weighted by Crippen LogP contribution is -2.10. The van der Waals surface area contributed by atoms with Gasteiger partial charge in [-0.25, -0.2) is 4.98 Å². The molecule has 0 saturated carbocycles. The van der Waals surface area contributed by atoms with Crippen molar-refractivity contribution in [3.63, 3.8) is 0 Å². The summed E-state index contributed by atoms with van der Waals surface area (Å²) in [6, 6.07) is 11.0. The first-order chi connectivity index (χ1) is 9.86. The Labute approximate surface area is 127 Å². The fraction of sp³-hybridized carbons (Fsp3) is 0.133. The fourth-order valence-electron chi connectivity index (χ4n) is 2.16. The molecule has 3 rings (SSSR count). The van der Waals surface area contributed by atoms with Gasteiger partial charge in [-0.2, -0.15) is 13.2 Å². The third kappa shape index (κ3) is 2.55. The Morgan fingerprint density at radius 2 is 1.62 bits per heavy atom. The van der Waals surface area contributed by atoms with Crippen molar-refractivity contribution in [2.75, 3.05) is 0 Å². The van der Waals surface area contributed by atoms with E-state index in [2.05, 4.69) is 20.9 Å². The number of benzene rings is 1. The molecule has 2 heterocycles. The minimum atomic E-state index is -4.50.